The third-order valence-corrected chi connectivity index (χ3v) is 2.31. The highest BCUT2D eigenvalue weighted by atomic mass is 79.9. The van der Waals surface area contributed by atoms with Crippen LogP contribution in [-0.4, -0.2) is 11.1 Å². The van der Waals surface area contributed by atoms with Crippen LogP contribution in [0.1, 0.15) is 11.1 Å². The van der Waals surface area contributed by atoms with E-state index >= 15 is 0 Å². The molecule has 0 fully saturated rings. The number of hydrogen-bond donors (Lipinski definition) is 1. The van der Waals surface area contributed by atoms with E-state index in [2.05, 4.69) is 15.9 Å². The second-order valence-corrected chi connectivity index (χ2v) is 3.46. The maximum Gasteiger partial charge on any atom is 0.307 e. The quantitative estimate of drug-likeness (QED) is 0.883. The predicted molar refractivity (Wildman–Crippen MR) is 50.2 cm³/mol. The number of hydrogen-bond acceptors (Lipinski definition) is 2. The van der Waals surface area contributed by atoms with E-state index in [-0.39, 0.29) is 11.1 Å². The number of benzene rings is 1. The van der Waals surface area contributed by atoms with E-state index < -0.39 is 18.2 Å². The predicted octanol–water partition coefficient (Wildman–Crippen LogP) is 2.09. The van der Waals surface area contributed by atoms with Crippen molar-refractivity contribution >= 4 is 21.9 Å². The number of aliphatic carboxylic acids is 1. The van der Waals surface area contributed by atoms with E-state index in [4.69, 9.17) is 10.4 Å². The van der Waals surface area contributed by atoms with Crippen molar-refractivity contribution in [1.82, 2.24) is 0 Å². The van der Waals surface area contributed by atoms with Crippen LogP contribution >= 0.6 is 15.9 Å². The molecule has 0 aliphatic heterocycles. The lowest BCUT2D eigenvalue weighted by atomic mass is 10.1. The number of halogens is 2. The first-order valence-corrected chi connectivity index (χ1v) is 4.43. The van der Waals surface area contributed by atoms with Crippen molar-refractivity contribution in [3.8, 4) is 6.07 Å². The smallest absolute Gasteiger partial charge is 0.307 e. The van der Waals surface area contributed by atoms with E-state index in [0.29, 0.717) is 4.47 Å². The molecule has 0 aromatic heterocycles. The first-order chi connectivity index (χ1) is 6.54. The Morgan fingerprint density at radius 3 is 2.71 bits per heavy atom. The van der Waals surface area contributed by atoms with E-state index in [9.17, 15) is 9.18 Å². The van der Waals surface area contributed by atoms with Crippen molar-refractivity contribution in [1.29, 1.82) is 5.26 Å². The van der Waals surface area contributed by atoms with Crippen molar-refractivity contribution in [2.45, 2.75) is 6.42 Å². The van der Waals surface area contributed by atoms with Gasteiger partial charge in [-0.3, -0.25) is 4.79 Å². The van der Waals surface area contributed by atoms with Gasteiger partial charge in [0.1, 0.15) is 5.82 Å². The van der Waals surface area contributed by atoms with Crippen LogP contribution < -0.4 is 0 Å². The fourth-order valence-electron chi connectivity index (χ4n) is 0.988. The Hall–Kier alpha value is -1.41. The minimum absolute atomic E-state index is 0.0523. The second kappa shape index (κ2) is 4.20. The Morgan fingerprint density at radius 2 is 2.29 bits per heavy atom. The van der Waals surface area contributed by atoms with Crippen molar-refractivity contribution in [3.05, 3.63) is 33.5 Å². The minimum Gasteiger partial charge on any atom is -0.481 e. The van der Waals surface area contributed by atoms with Gasteiger partial charge in [0.15, 0.2) is 0 Å². The maximum atomic E-state index is 13.2. The maximum absolute atomic E-state index is 13.2. The van der Waals surface area contributed by atoms with E-state index in [0.717, 1.165) is 6.07 Å². The van der Waals surface area contributed by atoms with Gasteiger partial charge in [-0.1, -0.05) is 15.9 Å². The van der Waals surface area contributed by atoms with Gasteiger partial charge in [-0.05, 0) is 12.1 Å². The molecular formula is C9H5BrFNO2. The Balaban J connectivity index is 3.19. The third kappa shape index (κ3) is 2.30. The normalized spacial score (nSPS) is 9.50. The number of carbonyl (C=O) groups is 1. The Labute approximate surface area is 87.9 Å². The molecule has 0 aliphatic carbocycles. The van der Waals surface area contributed by atoms with Crippen molar-refractivity contribution < 1.29 is 14.3 Å². The molecule has 0 saturated heterocycles. The van der Waals surface area contributed by atoms with E-state index in [1.165, 1.54) is 6.07 Å². The summed E-state index contributed by atoms with van der Waals surface area (Å²) in [7, 11) is 0. The molecule has 0 aliphatic rings. The Kier molecular flexibility index (Phi) is 3.20. The van der Waals surface area contributed by atoms with Gasteiger partial charge >= 0.3 is 5.97 Å². The van der Waals surface area contributed by atoms with Gasteiger partial charge in [0.25, 0.3) is 0 Å². The fourth-order valence-corrected chi connectivity index (χ4v) is 1.56. The highest BCUT2D eigenvalue weighted by molar-refractivity contribution is 9.10. The minimum atomic E-state index is -1.12. The van der Waals surface area contributed by atoms with Crippen molar-refractivity contribution in [2.75, 3.05) is 0 Å². The second-order valence-electron chi connectivity index (χ2n) is 2.60. The van der Waals surface area contributed by atoms with Crippen LogP contribution in [0.4, 0.5) is 4.39 Å². The summed E-state index contributed by atoms with van der Waals surface area (Å²) in [4.78, 5) is 10.4. The number of carboxylic acids is 1. The van der Waals surface area contributed by atoms with Crippen LogP contribution in [0.3, 0.4) is 0 Å². The number of carboxylic acid groups (broad SMARTS) is 1. The molecule has 0 unspecified atom stereocenters. The number of nitrogens with zero attached hydrogens (tertiary/aromatic N) is 1. The molecule has 3 nitrogen and oxygen atoms in total. The average Bonchev–Trinajstić information content (AvgIpc) is 2.10. The molecule has 0 bridgehead atoms. The standard InChI is InChI=1S/C9H5BrFNO2/c10-7-1-5(4-12)2-8(11)6(7)3-9(13)14/h1-2H,3H2,(H,13,14). The molecule has 0 radical (unpaired) electrons. The zero-order valence-corrected chi connectivity index (χ0v) is 8.51. The molecular weight excluding hydrogens is 253 g/mol. The Morgan fingerprint density at radius 1 is 1.64 bits per heavy atom. The number of rotatable bonds is 2. The summed E-state index contributed by atoms with van der Waals surface area (Å²) in [6.07, 6.45) is -0.405. The molecule has 72 valence electrons. The summed E-state index contributed by atoms with van der Waals surface area (Å²) in [6, 6.07) is 4.18. The molecule has 0 heterocycles. The highest BCUT2D eigenvalue weighted by Gasteiger charge is 2.12. The molecule has 5 heteroatoms. The molecule has 1 N–H and O–H groups in total. The fraction of sp³-hybridized carbons (Fsp3) is 0.111. The van der Waals surface area contributed by atoms with E-state index in [1.54, 1.807) is 6.07 Å². The lowest BCUT2D eigenvalue weighted by molar-refractivity contribution is -0.136. The SMILES string of the molecule is N#Cc1cc(F)c(CC(=O)O)c(Br)c1. The third-order valence-electron chi connectivity index (χ3n) is 1.60. The largest absolute Gasteiger partial charge is 0.481 e. The van der Waals surface area contributed by atoms with Crippen LogP contribution in [0.25, 0.3) is 0 Å². The summed E-state index contributed by atoms with van der Waals surface area (Å²) in [5.74, 6) is -1.80. The van der Waals surface area contributed by atoms with Gasteiger partial charge in [0.2, 0.25) is 0 Å². The van der Waals surface area contributed by atoms with Gasteiger partial charge < -0.3 is 5.11 Å². The van der Waals surface area contributed by atoms with Gasteiger partial charge in [0, 0.05) is 10.0 Å². The molecule has 14 heavy (non-hydrogen) atoms. The van der Waals surface area contributed by atoms with Crippen LogP contribution in [0.15, 0.2) is 16.6 Å². The molecule has 1 aromatic carbocycles. The average molecular weight is 258 g/mol. The van der Waals surface area contributed by atoms with E-state index in [1.807, 2.05) is 0 Å². The van der Waals surface area contributed by atoms with Crippen LogP contribution in [0, 0.1) is 17.1 Å². The first kappa shape index (κ1) is 10.7. The molecule has 0 atom stereocenters. The lowest BCUT2D eigenvalue weighted by Gasteiger charge is -2.03. The highest BCUT2D eigenvalue weighted by Crippen LogP contribution is 2.22. The van der Waals surface area contributed by atoms with Gasteiger partial charge in [-0.25, -0.2) is 4.39 Å². The summed E-state index contributed by atoms with van der Waals surface area (Å²) in [5.41, 5.74) is 0.208. The number of nitriles is 1. The summed E-state index contributed by atoms with van der Waals surface area (Å²) >= 11 is 3.01. The summed E-state index contributed by atoms with van der Waals surface area (Å²) < 4.78 is 13.5. The van der Waals surface area contributed by atoms with Gasteiger partial charge in [0.05, 0.1) is 18.1 Å². The van der Waals surface area contributed by atoms with Gasteiger partial charge in [-0.15, -0.1) is 0 Å². The zero-order valence-electron chi connectivity index (χ0n) is 6.92. The van der Waals surface area contributed by atoms with Crippen molar-refractivity contribution in [3.63, 3.8) is 0 Å². The van der Waals surface area contributed by atoms with Crippen molar-refractivity contribution in [2.24, 2.45) is 0 Å². The molecule has 0 saturated carbocycles. The molecule has 1 rings (SSSR count). The topological polar surface area (TPSA) is 61.1 Å². The Bertz CT molecular complexity index is 402. The zero-order chi connectivity index (χ0) is 10.7. The molecule has 0 amide bonds. The summed E-state index contributed by atoms with van der Waals surface area (Å²) in [5, 5.41) is 17.0. The van der Waals surface area contributed by atoms with Crippen LogP contribution in [0.2, 0.25) is 0 Å². The molecule has 0 spiro atoms. The summed E-state index contributed by atoms with van der Waals surface area (Å²) in [6.45, 7) is 0. The monoisotopic (exact) mass is 257 g/mol. The van der Waals surface area contributed by atoms with Gasteiger partial charge in [-0.2, -0.15) is 5.26 Å². The lowest BCUT2D eigenvalue weighted by Crippen LogP contribution is -2.03. The molecule has 1 aromatic rings. The van der Waals surface area contributed by atoms with Crippen LogP contribution in [-0.2, 0) is 11.2 Å². The first-order valence-electron chi connectivity index (χ1n) is 3.64. The van der Waals surface area contributed by atoms with Crippen LogP contribution in [0.5, 0.6) is 0 Å².